The van der Waals surface area contributed by atoms with Crippen molar-refractivity contribution in [2.24, 2.45) is 10.2 Å². The highest BCUT2D eigenvalue weighted by Crippen LogP contribution is 2.37. The summed E-state index contributed by atoms with van der Waals surface area (Å²) in [5.41, 5.74) is 7.87. The van der Waals surface area contributed by atoms with Crippen LogP contribution < -0.4 is 35.1 Å². The number of aromatic nitrogens is 2. The summed E-state index contributed by atoms with van der Waals surface area (Å²) in [4.78, 5) is 8.93. The average Bonchev–Trinajstić information content (AvgIpc) is 3.58. The predicted octanol–water partition coefficient (Wildman–Crippen LogP) is 5.88. The molecule has 0 amide bonds. The van der Waals surface area contributed by atoms with Gasteiger partial charge in [-0.3, -0.25) is 5.43 Å². The third-order valence-corrected chi connectivity index (χ3v) is 6.16. The van der Waals surface area contributed by atoms with Crippen LogP contribution in [-0.4, -0.2) is 36.0 Å². The van der Waals surface area contributed by atoms with Gasteiger partial charge in [0.1, 0.15) is 5.82 Å². The Bertz CT molecular complexity index is 1490. The molecular weight excluding hydrogens is 545 g/mol. The minimum Gasteiger partial charge on any atom is -0.454 e. The van der Waals surface area contributed by atoms with Gasteiger partial charge in [-0.1, -0.05) is 41.4 Å². The molecule has 6 rings (SSSR count). The molecule has 2 aliphatic rings. The van der Waals surface area contributed by atoms with E-state index in [0.29, 0.717) is 55.8 Å². The molecule has 3 heterocycles. The number of anilines is 4. The van der Waals surface area contributed by atoms with Crippen LogP contribution >= 0.6 is 23.2 Å². The molecule has 1 aromatic heterocycles. The number of fused-ring (bicyclic) bond motifs is 2. The fourth-order valence-corrected chi connectivity index (χ4v) is 4.08. The number of hydrogen-bond donors (Lipinski definition) is 3. The van der Waals surface area contributed by atoms with Gasteiger partial charge in [-0.05, 0) is 24.3 Å². The van der Waals surface area contributed by atoms with Crippen LogP contribution in [-0.2, 0) is 0 Å². The summed E-state index contributed by atoms with van der Waals surface area (Å²) in [6.07, 6.45) is 3.10. The van der Waals surface area contributed by atoms with Crippen molar-refractivity contribution in [2.75, 3.05) is 29.8 Å². The Morgan fingerprint density at radius 3 is 1.82 bits per heavy atom. The van der Waals surface area contributed by atoms with Crippen LogP contribution in [0.5, 0.6) is 23.0 Å². The summed E-state index contributed by atoms with van der Waals surface area (Å²) in [6.45, 7) is 0.306. The zero-order valence-electron chi connectivity index (χ0n) is 20.0. The summed E-state index contributed by atoms with van der Waals surface area (Å²) in [6, 6.07) is 18.2. The van der Waals surface area contributed by atoms with Crippen molar-refractivity contribution in [3.63, 3.8) is 0 Å². The smallest absolute Gasteiger partial charge is 0.247 e. The monoisotopic (exact) mass is 563 g/mol. The van der Waals surface area contributed by atoms with E-state index in [1.54, 1.807) is 36.5 Å². The van der Waals surface area contributed by atoms with Crippen LogP contribution in [0, 0.1) is 0 Å². The normalized spacial score (nSPS) is 13.3. The standard InChI is InChI=1S/C26H19Cl2N7O4/c27-18-8-22-20(36-13-38-22)6-15(18)11-29-34-25-10-24(31-17-4-2-1-3-5-17)32-26(33-25)35-30-12-16-7-21-23(9-19(16)28)39-14-37-21/h1-12H,13-14H2,(H3,31,32,33,34,35). The number of ether oxygens (including phenoxy) is 4. The molecule has 0 radical (unpaired) electrons. The van der Waals surface area contributed by atoms with Crippen molar-refractivity contribution in [3.8, 4) is 23.0 Å². The molecule has 0 aliphatic carbocycles. The minimum absolute atomic E-state index is 0.151. The van der Waals surface area contributed by atoms with Gasteiger partial charge in [-0.25, -0.2) is 5.43 Å². The topological polar surface area (TPSA) is 124 Å². The zero-order chi connectivity index (χ0) is 26.6. The Kier molecular flexibility index (Phi) is 6.89. The first-order valence-electron chi connectivity index (χ1n) is 11.6. The van der Waals surface area contributed by atoms with Gasteiger partial charge in [-0.15, -0.1) is 0 Å². The Balaban J connectivity index is 1.22. The lowest BCUT2D eigenvalue weighted by Gasteiger charge is -2.09. The largest absolute Gasteiger partial charge is 0.454 e. The summed E-state index contributed by atoms with van der Waals surface area (Å²) in [7, 11) is 0. The lowest BCUT2D eigenvalue weighted by atomic mass is 10.2. The van der Waals surface area contributed by atoms with Gasteiger partial charge < -0.3 is 24.3 Å². The molecule has 3 aromatic carbocycles. The number of nitrogens with zero attached hydrogens (tertiary/aromatic N) is 4. The highest BCUT2D eigenvalue weighted by molar-refractivity contribution is 6.33. The van der Waals surface area contributed by atoms with E-state index in [2.05, 4.69) is 36.3 Å². The third kappa shape index (κ3) is 5.74. The Morgan fingerprint density at radius 1 is 0.667 bits per heavy atom. The molecule has 0 saturated carbocycles. The SMILES string of the molecule is Clc1cc2c(cc1C=NNc1cc(Nc3ccccc3)nc(NN=Cc3cc4c(cc3Cl)OCO4)n1)OCO2. The molecule has 4 aromatic rings. The van der Waals surface area contributed by atoms with Gasteiger partial charge in [0.2, 0.25) is 19.5 Å². The molecule has 13 heteroatoms. The second kappa shape index (κ2) is 10.9. The molecule has 0 saturated heterocycles. The van der Waals surface area contributed by atoms with Gasteiger partial charge in [0, 0.05) is 35.0 Å². The van der Waals surface area contributed by atoms with Gasteiger partial charge in [0.25, 0.3) is 0 Å². The quantitative estimate of drug-likeness (QED) is 0.178. The Hall–Kier alpha value is -4.74. The van der Waals surface area contributed by atoms with E-state index in [1.165, 1.54) is 6.21 Å². The molecule has 0 spiro atoms. The molecule has 0 fully saturated rings. The third-order valence-electron chi connectivity index (χ3n) is 5.51. The zero-order valence-corrected chi connectivity index (χ0v) is 21.5. The summed E-state index contributed by atoms with van der Waals surface area (Å²) < 4.78 is 21.5. The molecule has 2 aliphatic heterocycles. The average molecular weight is 564 g/mol. The van der Waals surface area contributed by atoms with Gasteiger partial charge in [-0.2, -0.15) is 20.2 Å². The second-order valence-electron chi connectivity index (χ2n) is 8.15. The molecule has 11 nitrogen and oxygen atoms in total. The van der Waals surface area contributed by atoms with Crippen LogP contribution in [0.2, 0.25) is 10.0 Å². The summed E-state index contributed by atoms with van der Waals surface area (Å²) in [5, 5.41) is 12.7. The minimum atomic E-state index is 0.151. The van der Waals surface area contributed by atoms with Crippen LogP contribution in [0.1, 0.15) is 11.1 Å². The first-order valence-corrected chi connectivity index (χ1v) is 12.3. The van der Waals surface area contributed by atoms with Crippen LogP contribution in [0.4, 0.5) is 23.3 Å². The molecular formula is C26H19Cl2N7O4. The number of halogens is 2. The molecule has 0 atom stereocenters. The van der Waals surface area contributed by atoms with E-state index in [9.17, 15) is 0 Å². The Morgan fingerprint density at radius 2 is 1.21 bits per heavy atom. The van der Waals surface area contributed by atoms with Gasteiger partial charge >= 0.3 is 0 Å². The highest BCUT2D eigenvalue weighted by Gasteiger charge is 2.17. The molecule has 196 valence electrons. The number of rotatable bonds is 8. The van der Waals surface area contributed by atoms with Crippen molar-refractivity contribution in [1.82, 2.24) is 9.97 Å². The molecule has 0 unspecified atom stereocenters. The van der Waals surface area contributed by atoms with Crippen molar-refractivity contribution in [2.45, 2.75) is 0 Å². The van der Waals surface area contributed by atoms with E-state index in [1.807, 2.05) is 30.3 Å². The predicted molar refractivity (Wildman–Crippen MR) is 149 cm³/mol. The van der Waals surface area contributed by atoms with E-state index in [-0.39, 0.29) is 19.5 Å². The van der Waals surface area contributed by atoms with Crippen molar-refractivity contribution < 1.29 is 18.9 Å². The van der Waals surface area contributed by atoms with Crippen molar-refractivity contribution >= 4 is 58.9 Å². The highest BCUT2D eigenvalue weighted by atomic mass is 35.5. The van der Waals surface area contributed by atoms with Crippen LogP contribution in [0.25, 0.3) is 0 Å². The van der Waals surface area contributed by atoms with Gasteiger partial charge in [0.15, 0.2) is 28.8 Å². The van der Waals surface area contributed by atoms with Gasteiger partial charge in [0.05, 0.1) is 22.5 Å². The van der Waals surface area contributed by atoms with E-state index < -0.39 is 0 Å². The van der Waals surface area contributed by atoms with Crippen molar-refractivity contribution in [1.29, 1.82) is 0 Å². The van der Waals surface area contributed by atoms with E-state index in [4.69, 9.17) is 42.1 Å². The van der Waals surface area contributed by atoms with Crippen LogP contribution in [0.15, 0.2) is 70.9 Å². The molecule has 0 bridgehead atoms. The summed E-state index contributed by atoms with van der Waals surface area (Å²) in [5.74, 6) is 3.50. The van der Waals surface area contributed by atoms with E-state index >= 15 is 0 Å². The molecule has 3 N–H and O–H groups in total. The maximum absolute atomic E-state index is 6.34. The maximum atomic E-state index is 6.34. The lowest BCUT2D eigenvalue weighted by Crippen LogP contribution is -2.04. The van der Waals surface area contributed by atoms with E-state index in [0.717, 1.165) is 5.69 Å². The number of para-hydroxylation sites is 1. The second-order valence-corrected chi connectivity index (χ2v) is 8.96. The molecule has 39 heavy (non-hydrogen) atoms. The first-order chi connectivity index (χ1) is 19.1. The maximum Gasteiger partial charge on any atom is 0.247 e. The fourth-order valence-electron chi connectivity index (χ4n) is 3.68. The summed E-state index contributed by atoms with van der Waals surface area (Å²) >= 11 is 12.7. The number of benzene rings is 3. The lowest BCUT2D eigenvalue weighted by molar-refractivity contribution is 0.173. The Labute approximate surface area is 232 Å². The number of nitrogens with one attached hydrogen (secondary N) is 3. The fraction of sp³-hybridized carbons (Fsp3) is 0.0769. The van der Waals surface area contributed by atoms with Crippen molar-refractivity contribution in [3.05, 3.63) is 81.8 Å². The van der Waals surface area contributed by atoms with Crippen LogP contribution in [0.3, 0.4) is 0 Å². The number of hydrogen-bond acceptors (Lipinski definition) is 11. The number of hydrazone groups is 2. The first kappa shape index (κ1) is 24.6.